The molecule has 224 valence electrons. The van der Waals surface area contributed by atoms with Gasteiger partial charge in [-0.2, -0.15) is 0 Å². The molecule has 0 bridgehead atoms. The smallest absolute Gasteiger partial charge is 0.264 e. The van der Waals surface area contributed by atoms with Gasteiger partial charge in [-0.05, 0) is 54.3 Å². The Morgan fingerprint density at radius 1 is 0.814 bits per heavy atom. The monoisotopic (exact) mass is 617 g/mol. The Morgan fingerprint density at radius 2 is 1.40 bits per heavy atom. The van der Waals surface area contributed by atoms with Crippen LogP contribution in [0, 0.1) is 6.92 Å². The van der Waals surface area contributed by atoms with Crippen LogP contribution in [0.15, 0.2) is 114 Å². The zero-order valence-electron chi connectivity index (χ0n) is 24.3. The van der Waals surface area contributed by atoms with Crippen LogP contribution in [0.5, 0.6) is 0 Å². The quantitative estimate of drug-likeness (QED) is 0.199. The molecule has 1 unspecified atom stereocenters. The number of nitrogens with zero attached hydrogens (tertiary/aromatic N) is 2. The lowest BCUT2D eigenvalue weighted by molar-refractivity contribution is -0.140. The molecule has 7 nitrogen and oxygen atoms in total. The Hall–Kier alpha value is -4.14. The summed E-state index contributed by atoms with van der Waals surface area (Å²) in [5, 5.41) is 3.32. The number of rotatable bonds is 13. The van der Waals surface area contributed by atoms with E-state index in [9.17, 15) is 18.0 Å². The highest BCUT2D eigenvalue weighted by Crippen LogP contribution is 2.31. The molecule has 4 rings (SSSR count). The van der Waals surface area contributed by atoms with Crippen LogP contribution in [-0.2, 0) is 32.6 Å². The first-order valence-corrected chi connectivity index (χ1v) is 16.0. The van der Waals surface area contributed by atoms with Crippen LogP contribution >= 0.6 is 11.6 Å². The van der Waals surface area contributed by atoms with Crippen LogP contribution < -0.4 is 9.62 Å². The molecule has 1 N–H and O–H groups in total. The standard InChI is InChI=1S/C34H36ClN3O4S/c1-3-22-36-34(40)32(23-27-14-7-4-8-15-27)37(24-28-16-9-5-10-17-28)33(39)25-38(31-21-13-20-30(35)26(31)2)43(41,42)29-18-11-6-12-19-29/h4-21,32H,3,22-25H2,1-2H3,(H,36,40). The van der Waals surface area contributed by atoms with Crippen LogP contribution in [0.3, 0.4) is 0 Å². The van der Waals surface area contributed by atoms with Crippen molar-refractivity contribution in [1.82, 2.24) is 10.2 Å². The highest BCUT2D eigenvalue weighted by molar-refractivity contribution is 7.92. The maximum atomic E-state index is 14.4. The first kappa shape index (κ1) is 31.8. The SMILES string of the molecule is CCCNC(=O)C(Cc1ccccc1)N(Cc1ccccc1)C(=O)CN(c1cccc(Cl)c1C)S(=O)(=O)c1ccccc1. The molecule has 4 aromatic carbocycles. The lowest BCUT2D eigenvalue weighted by Gasteiger charge is -2.34. The number of carbonyl (C=O) groups is 2. The second-order valence-corrected chi connectivity index (χ2v) is 12.5. The lowest BCUT2D eigenvalue weighted by Crippen LogP contribution is -2.53. The van der Waals surface area contributed by atoms with E-state index in [0.717, 1.165) is 21.9 Å². The molecule has 0 aromatic heterocycles. The van der Waals surface area contributed by atoms with Crippen molar-refractivity contribution >= 4 is 39.1 Å². The zero-order valence-corrected chi connectivity index (χ0v) is 25.9. The van der Waals surface area contributed by atoms with Crippen molar-refractivity contribution in [3.8, 4) is 0 Å². The highest BCUT2D eigenvalue weighted by atomic mass is 35.5. The predicted molar refractivity (Wildman–Crippen MR) is 171 cm³/mol. The number of halogens is 1. The molecule has 0 aliphatic heterocycles. The molecule has 0 aliphatic carbocycles. The van der Waals surface area contributed by atoms with E-state index < -0.39 is 28.5 Å². The minimum atomic E-state index is -4.19. The normalized spacial score (nSPS) is 11.9. The van der Waals surface area contributed by atoms with E-state index in [1.807, 2.05) is 67.6 Å². The zero-order chi connectivity index (χ0) is 30.8. The van der Waals surface area contributed by atoms with Crippen molar-refractivity contribution in [2.45, 2.75) is 44.2 Å². The van der Waals surface area contributed by atoms with E-state index in [1.54, 1.807) is 43.3 Å². The van der Waals surface area contributed by atoms with Crippen LogP contribution in [0.4, 0.5) is 5.69 Å². The van der Waals surface area contributed by atoms with Gasteiger partial charge in [0.15, 0.2) is 0 Å². The van der Waals surface area contributed by atoms with E-state index in [2.05, 4.69) is 5.32 Å². The van der Waals surface area contributed by atoms with E-state index >= 15 is 0 Å². The van der Waals surface area contributed by atoms with Crippen molar-refractivity contribution in [1.29, 1.82) is 0 Å². The molecule has 0 spiro atoms. The van der Waals surface area contributed by atoms with Gasteiger partial charge in [-0.3, -0.25) is 13.9 Å². The number of sulfonamides is 1. The van der Waals surface area contributed by atoms with E-state index in [0.29, 0.717) is 22.8 Å². The fourth-order valence-corrected chi connectivity index (χ4v) is 6.46. The number of nitrogens with one attached hydrogen (secondary N) is 1. The maximum Gasteiger partial charge on any atom is 0.264 e. The Kier molecular flexibility index (Phi) is 11.0. The van der Waals surface area contributed by atoms with Gasteiger partial charge in [-0.1, -0.05) is 103 Å². The van der Waals surface area contributed by atoms with Gasteiger partial charge in [-0.15, -0.1) is 0 Å². The highest BCUT2D eigenvalue weighted by Gasteiger charge is 2.35. The summed E-state index contributed by atoms with van der Waals surface area (Å²) in [7, 11) is -4.19. The third kappa shape index (κ3) is 8.03. The fourth-order valence-electron chi connectivity index (χ4n) is 4.80. The minimum Gasteiger partial charge on any atom is -0.354 e. The number of amides is 2. The van der Waals surface area contributed by atoms with Gasteiger partial charge in [0.25, 0.3) is 10.0 Å². The number of anilines is 1. The molecule has 0 fully saturated rings. The first-order chi connectivity index (χ1) is 20.7. The number of carbonyl (C=O) groups excluding carboxylic acids is 2. The van der Waals surface area contributed by atoms with Crippen molar-refractivity contribution in [2.75, 3.05) is 17.4 Å². The summed E-state index contributed by atoms with van der Waals surface area (Å²) in [5.74, 6) is -0.818. The summed E-state index contributed by atoms with van der Waals surface area (Å²) >= 11 is 6.42. The molecule has 2 amide bonds. The Balaban J connectivity index is 1.80. The Morgan fingerprint density at radius 3 is 2.00 bits per heavy atom. The van der Waals surface area contributed by atoms with Gasteiger partial charge >= 0.3 is 0 Å². The van der Waals surface area contributed by atoms with Crippen LogP contribution in [0.1, 0.15) is 30.0 Å². The van der Waals surface area contributed by atoms with Crippen LogP contribution in [0.25, 0.3) is 0 Å². The summed E-state index contributed by atoms with van der Waals surface area (Å²) in [6.07, 6.45) is 0.990. The molecule has 9 heteroatoms. The molecule has 0 radical (unpaired) electrons. The third-order valence-corrected chi connectivity index (χ3v) is 9.32. The van der Waals surface area contributed by atoms with Gasteiger partial charge in [-0.25, -0.2) is 8.42 Å². The predicted octanol–water partition coefficient (Wildman–Crippen LogP) is 6.01. The summed E-state index contributed by atoms with van der Waals surface area (Å²) in [6, 6.07) is 30.9. The average molecular weight is 618 g/mol. The third-order valence-electron chi connectivity index (χ3n) is 7.13. The summed E-state index contributed by atoms with van der Waals surface area (Å²) in [6.45, 7) is 3.71. The van der Waals surface area contributed by atoms with Gasteiger partial charge in [0, 0.05) is 24.5 Å². The topological polar surface area (TPSA) is 86.8 Å². The molecule has 0 heterocycles. The van der Waals surface area contributed by atoms with Gasteiger partial charge in [0.2, 0.25) is 11.8 Å². The molecular weight excluding hydrogens is 582 g/mol. The van der Waals surface area contributed by atoms with Crippen LogP contribution in [-0.4, -0.2) is 44.3 Å². The minimum absolute atomic E-state index is 0.0401. The number of hydrogen-bond acceptors (Lipinski definition) is 4. The maximum absolute atomic E-state index is 14.4. The van der Waals surface area contributed by atoms with E-state index in [4.69, 9.17) is 11.6 Å². The first-order valence-electron chi connectivity index (χ1n) is 14.2. The second kappa shape index (κ2) is 14.8. The average Bonchev–Trinajstić information content (AvgIpc) is 3.03. The molecular formula is C34H36ClN3O4S. The Labute approximate surface area is 259 Å². The molecule has 4 aromatic rings. The largest absolute Gasteiger partial charge is 0.354 e. The van der Waals surface area contributed by atoms with Crippen molar-refractivity contribution in [2.24, 2.45) is 0 Å². The molecule has 0 saturated heterocycles. The number of hydrogen-bond donors (Lipinski definition) is 1. The Bertz CT molecular complexity index is 1620. The van der Waals surface area contributed by atoms with Gasteiger partial charge < -0.3 is 10.2 Å². The molecule has 43 heavy (non-hydrogen) atoms. The van der Waals surface area contributed by atoms with E-state index in [1.165, 1.54) is 17.0 Å². The van der Waals surface area contributed by atoms with Crippen molar-refractivity contribution in [3.05, 3.63) is 131 Å². The van der Waals surface area contributed by atoms with Gasteiger partial charge in [0.1, 0.15) is 12.6 Å². The van der Waals surface area contributed by atoms with Gasteiger partial charge in [0.05, 0.1) is 10.6 Å². The molecule has 1 atom stereocenters. The summed E-state index contributed by atoms with van der Waals surface area (Å²) in [4.78, 5) is 29.6. The van der Waals surface area contributed by atoms with Crippen LogP contribution in [0.2, 0.25) is 5.02 Å². The fraction of sp³-hybridized carbons (Fsp3) is 0.235. The van der Waals surface area contributed by atoms with E-state index in [-0.39, 0.29) is 23.8 Å². The number of benzene rings is 4. The molecule has 0 aliphatic rings. The second-order valence-electron chi connectivity index (χ2n) is 10.2. The summed E-state index contributed by atoms with van der Waals surface area (Å²) in [5.41, 5.74) is 2.50. The lowest BCUT2D eigenvalue weighted by atomic mass is 10.0. The molecule has 0 saturated carbocycles. The van der Waals surface area contributed by atoms with Crippen molar-refractivity contribution in [3.63, 3.8) is 0 Å². The van der Waals surface area contributed by atoms with Crippen molar-refractivity contribution < 1.29 is 18.0 Å². The summed E-state index contributed by atoms with van der Waals surface area (Å²) < 4.78 is 29.3.